The van der Waals surface area contributed by atoms with E-state index < -0.39 is 0 Å². The number of hydrogen-bond acceptors (Lipinski definition) is 5. The highest BCUT2D eigenvalue weighted by Gasteiger charge is 2.40. The van der Waals surface area contributed by atoms with Gasteiger partial charge in [-0.1, -0.05) is 0 Å². The van der Waals surface area contributed by atoms with Crippen LogP contribution in [0.1, 0.15) is 25.7 Å². The van der Waals surface area contributed by atoms with Gasteiger partial charge in [0, 0.05) is 33.4 Å². The molecule has 1 amide bonds. The molecule has 0 aromatic carbocycles. The molecule has 0 spiro atoms. The van der Waals surface area contributed by atoms with E-state index in [0.717, 1.165) is 58.6 Å². The molecule has 128 valence electrons. The fourth-order valence-electron chi connectivity index (χ4n) is 3.65. The van der Waals surface area contributed by atoms with E-state index in [1.54, 1.807) is 14.2 Å². The Morgan fingerprint density at radius 2 is 2.09 bits per heavy atom. The number of piperidine rings is 1. The average molecular weight is 313 g/mol. The first kappa shape index (κ1) is 17.7. The maximum atomic E-state index is 12.7. The SMILES string of the molecule is COCCN1CCCC1CNC(=O)C1(COC)CCNCC1. The molecule has 2 saturated heterocycles. The molecular weight excluding hydrogens is 282 g/mol. The van der Waals surface area contributed by atoms with E-state index in [0.29, 0.717) is 12.6 Å². The summed E-state index contributed by atoms with van der Waals surface area (Å²) in [7, 11) is 3.42. The van der Waals surface area contributed by atoms with E-state index in [4.69, 9.17) is 9.47 Å². The number of carbonyl (C=O) groups excluding carboxylic acids is 1. The number of nitrogens with one attached hydrogen (secondary N) is 2. The van der Waals surface area contributed by atoms with Crippen LogP contribution in [0, 0.1) is 5.41 Å². The van der Waals surface area contributed by atoms with Crippen molar-refractivity contribution < 1.29 is 14.3 Å². The number of amides is 1. The van der Waals surface area contributed by atoms with Gasteiger partial charge in [-0.05, 0) is 45.3 Å². The number of methoxy groups -OCH3 is 2. The number of ether oxygens (including phenoxy) is 2. The van der Waals surface area contributed by atoms with Gasteiger partial charge in [0.2, 0.25) is 5.91 Å². The third-order valence-electron chi connectivity index (χ3n) is 5.04. The van der Waals surface area contributed by atoms with Gasteiger partial charge >= 0.3 is 0 Å². The molecule has 0 aromatic rings. The molecule has 22 heavy (non-hydrogen) atoms. The second-order valence-corrected chi connectivity index (χ2v) is 6.50. The lowest BCUT2D eigenvalue weighted by atomic mass is 9.78. The van der Waals surface area contributed by atoms with E-state index in [1.807, 2.05) is 0 Å². The molecule has 0 saturated carbocycles. The molecule has 0 aromatic heterocycles. The van der Waals surface area contributed by atoms with Gasteiger partial charge in [0.05, 0.1) is 18.6 Å². The third-order valence-corrected chi connectivity index (χ3v) is 5.04. The Hall–Kier alpha value is -0.690. The Labute approximate surface area is 133 Å². The van der Waals surface area contributed by atoms with Gasteiger partial charge in [0.1, 0.15) is 0 Å². The zero-order valence-electron chi connectivity index (χ0n) is 14.0. The minimum Gasteiger partial charge on any atom is -0.384 e. The number of rotatable bonds is 8. The summed E-state index contributed by atoms with van der Waals surface area (Å²) in [6.07, 6.45) is 4.07. The van der Waals surface area contributed by atoms with Crippen LogP contribution in [0.2, 0.25) is 0 Å². The molecule has 2 fully saturated rings. The predicted molar refractivity (Wildman–Crippen MR) is 85.9 cm³/mol. The standard InChI is InChI=1S/C16H31N3O3/c1-21-11-10-19-9-3-4-14(19)12-18-15(20)16(13-22-2)5-7-17-8-6-16/h14,17H,3-13H2,1-2H3,(H,18,20). The van der Waals surface area contributed by atoms with E-state index in [-0.39, 0.29) is 11.3 Å². The summed E-state index contributed by atoms with van der Waals surface area (Å²) in [5, 5.41) is 6.52. The van der Waals surface area contributed by atoms with Gasteiger partial charge in [-0.15, -0.1) is 0 Å². The number of likely N-dealkylation sites (tertiary alicyclic amines) is 1. The first-order chi connectivity index (χ1) is 10.7. The van der Waals surface area contributed by atoms with E-state index in [9.17, 15) is 4.79 Å². The molecule has 1 atom stereocenters. The van der Waals surface area contributed by atoms with Crippen molar-refractivity contribution in [2.24, 2.45) is 5.41 Å². The van der Waals surface area contributed by atoms with Crippen molar-refractivity contribution in [1.29, 1.82) is 0 Å². The lowest BCUT2D eigenvalue weighted by Gasteiger charge is -2.36. The van der Waals surface area contributed by atoms with Crippen molar-refractivity contribution >= 4 is 5.91 Å². The minimum atomic E-state index is -0.351. The van der Waals surface area contributed by atoms with Crippen molar-refractivity contribution in [2.45, 2.75) is 31.7 Å². The summed E-state index contributed by atoms with van der Waals surface area (Å²) >= 11 is 0. The number of hydrogen-bond donors (Lipinski definition) is 2. The van der Waals surface area contributed by atoms with Crippen molar-refractivity contribution in [1.82, 2.24) is 15.5 Å². The van der Waals surface area contributed by atoms with Gasteiger partial charge in [-0.25, -0.2) is 0 Å². The molecule has 2 heterocycles. The maximum Gasteiger partial charge on any atom is 0.228 e. The molecule has 2 aliphatic heterocycles. The summed E-state index contributed by atoms with van der Waals surface area (Å²) in [4.78, 5) is 15.2. The highest BCUT2D eigenvalue weighted by Crippen LogP contribution is 2.29. The molecule has 6 heteroatoms. The summed E-state index contributed by atoms with van der Waals surface area (Å²) in [6.45, 7) is 5.84. The molecule has 2 aliphatic rings. The molecular formula is C16H31N3O3. The van der Waals surface area contributed by atoms with Crippen LogP contribution in [0.4, 0.5) is 0 Å². The van der Waals surface area contributed by atoms with Gasteiger partial charge in [-0.3, -0.25) is 9.69 Å². The molecule has 1 unspecified atom stereocenters. The number of nitrogens with zero attached hydrogens (tertiary/aromatic N) is 1. The van der Waals surface area contributed by atoms with Crippen molar-refractivity contribution in [3.63, 3.8) is 0 Å². The molecule has 2 N–H and O–H groups in total. The first-order valence-corrected chi connectivity index (χ1v) is 8.43. The lowest BCUT2D eigenvalue weighted by molar-refractivity contribution is -0.136. The molecule has 0 radical (unpaired) electrons. The van der Waals surface area contributed by atoms with Crippen LogP contribution < -0.4 is 10.6 Å². The topological polar surface area (TPSA) is 62.8 Å². The smallest absolute Gasteiger partial charge is 0.228 e. The Kier molecular flexibility index (Phi) is 7.08. The Balaban J connectivity index is 1.84. The first-order valence-electron chi connectivity index (χ1n) is 8.43. The largest absolute Gasteiger partial charge is 0.384 e. The lowest BCUT2D eigenvalue weighted by Crippen LogP contribution is -2.52. The molecule has 6 nitrogen and oxygen atoms in total. The second-order valence-electron chi connectivity index (χ2n) is 6.50. The van der Waals surface area contributed by atoms with Gasteiger partial charge in [0.25, 0.3) is 0 Å². The highest BCUT2D eigenvalue weighted by atomic mass is 16.5. The second kappa shape index (κ2) is 8.82. The van der Waals surface area contributed by atoms with Crippen LogP contribution in [0.5, 0.6) is 0 Å². The fraction of sp³-hybridized carbons (Fsp3) is 0.938. The Bertz CT molecular complexity index is 340. The van der Waals surface area contributed by atoms with Crippen molar-refractivity contribution in [3.8, 4) is 0 Å². The third kappa shape index (κ3) is 4.41. The zero-order chi connectivity index (χ0) is 15.8. The summed E-state index contributed by atoms with van der Waals surface area (Å²) in [5.74, 6) is 0.162. The van der Waals surface area contributed by atoms with Crippen LogP contribution in [0.15, 0.2) is 0 Å². The van der Waals surface area contributed by atoms with Crippen molar-refractivity contribution in [2.75, 3.05) is 60.2 Å². The summed E-state index contributed by atoms with van der Waals surface area (Å²) < 4.78 is 10.5. The van der Waals surface area contributed by atoms with Crippen LogP contribution in [-0.2, 0) is 14.3 Å². The van der Waals surface area contributed by atoms with Crippen LogP contribution in [0.3, 0.4) is 0 Å². The average Bonchev–Trinajstić information content (AvgIpc) is 2.99. The van der Waals surface area contributed by atoms with Gasteiger partial charge in [-0.2, -0.15) is 0 Å². The highest BCUT2D eigenvalue weighted by molar-refractivity contribution is 5.83. The van der Waals surface area contributed by atoms with Crippen LogP contribution in [0.25, 0.3) is 0 Å². The fourth-order valence-corrected chi connectivity index (χ4v) is 3.65. The maximum absolute atomic E-state index is 12.7. The normalized spacial score (nSPS) is 25.3. The van der Waals surface area contributed by atoms with E-state index in [1.165, 1.54) is 6.42 Å². The van der Waals surface area contributed by atoms with E-state index >= 15 is 0 Å². The van der Waals surface area contributed by atoms with E-state index in [2.05, 4.69) is 15.5 Å². The zero-order valence-corrected chi connectivity index (χ0v) is 14.0. The Morgan fingerprint density at radius 3 is 2.77 bits per heavy atom. The van der Waals surface area contributed by atoms with Gasteiger partial charge < -0.3 is 20.1 Å². The quantitative estimate of drug-likeness (QED) is 0.672. The summed E-state index contributed by atoms with van der Waals surface area (Å²) in [5.41, 5.74) is -0.351. The van der Waals surface area contributed by atoms with Crippen molar-refractivity contribution in [3.05, 3.63) is 0 Å². The molecule has 0 aliphatic carbocycles. The van der Waals surface area contributed by atoms with Gasteiger partial charge in [0.15, 0.2) is 0 Å². The molecule has 0 bridgehead atoms. The minimum absolute atomic E-state index is 0.162. The Morgan fingerprint density at radius 1 is 1.32 bits per heavy atom. The summed E-state index contributed by atoms with van der Waals surface area (Å²) in [6, 6.07) is 0.445. The number of carbonyl (C=O) groups is 1. The monoisotopic (exact) mass is 313 g/mol. The van der Waals surface area contributed by atoms with Crippen LogP contribution >= 0.6 is 0 Å². The molecule has 2 rings (SSSR count). The van der Waals surface area contributed by atoms with Crippen LogP contribution in [-0.4, -0.2) is 77.0 Å². The predicted octanol–water partition coefficient (Wildman–Crippen LogP) is 0.230.